The van der Waals surface area contributed by atoms with Gasteiger partial charge in [0.05, 0.1) is 4.92 Å². The number of non-ortho nitro benzene ring substituents is 1. The van der Waals surface area contributed by atoms with Crippen LogP contribution in [0.5, 0.6) is 0 Å². The largest absolute Gasteiger partial charge is 0.443 e. The van der Waals surface area contributed by atoms with Gasteiger partial charge in [-0.05, 0) is 31.0 Å². The molecule has 0 aliphatic carbocycles. The summed E-state index contributed by atoms with van der Waals surface area (Å²) in [7, 11) is 0. The first kappa shape index (κ1) is 16.3. The molecule has 1 aromatic carbocycles. The van der Waals surface area contributed by atoms with Gasteiger partial charge in [0.2, 0.25) is 0 Å². The molecule has 8 heteroatoms. The van der Waals surface area contributed by atoms with Gasteiger partial charge < -0.3 is 9.64 Å². The lowest BCUT2D eigenvalue weighted by atomic mass is 10.2. The highest BCUT2D eigenvalue weighted by molar-refractivity contribution is 7.81. The Kier molecular flexibility index (Phi) is 5.37. The van der Waals surface area contributed by atoms with Crippen molar-refractivity contribution in [3.8, 4) is 0 Å². The second kappa shape index (κ2) is 7.26. The van der Waals surface area contributed by atoms with E-state index < -0.39 is 11.0 Å². The van der Waals surface area contributed by atoms with Crippen molar-refractivity contribution in [2.24, 2.45) is 4.99 Å². The zero-order chi connectivity index (χ0) is 16.1. The van der Waals surface area contributed by atoms with E-state index in [-0.39, 0.29) is 12.3 Å². The highest BCUT2D eigenvalue weighted by Gasteiger charge is 2.20. The molecule has 118 valence electrons. The van der Waals surface area contributed by atoms with Crippen LogP contribution in [-0.4, -0.2) is 40.1 Å². The first-order chi connectivity index (χ1) is 10.5. The number of nitro groups is 1. The van der Waals surface area contributed by atoms with Crippen LogP contribution in [0.4, 0.5) is 10.5 Å². The number of hydrogen-bond acceptors (Lipinski definition) is 5. The SMILES string of the molecule is C/C(=N/C(=O)OCc1ccc([N+](=O)[O-])cc1)N1CC[C@@H](S)C1. The standard InChI is InChI=1S/C14H17N3O4S/c1-10(16-7-6-13(22)8-16)15-14(18)21-9-11-2-4-12(5-3-11)17(19)20/h2-5,13,22H,6-9H2,1H3/b15-10-/t13-/m1/s1. The van der Waals surface area contributed by atoms with Gasteiger partial charge in [-0.15, -0.1) is 0 Å². The summed E-state index contributed by atoms with van der Waals surface area (Å²) in [6.07, 6.45) is 0.298. The summed E-state index contributed by atoms with van der Waals surface area (Å²) in [6.45, 7) is 3.40. The fraction of sp³-hybridized carbons (Fsp3) is 0.429. The van der Waals surface area contributed by atoms with Crippen molar-refractivity contribution in [1.82, 2.24) is 4.90 Å². The van der Waals surface area contributed by atoms with E-state index in [0.29, 0.717) is 16.6 Å². The fourth-order valence-corrected chi connectivity index (χ4v) is 2.44. The molecule has 2 rings (SSSR count). The minimum Gasteiger partial charge on any atom is -0.443 e. The number of likely N-dealkylation sites (tertiary alicyclic amines) is 1. The zero-order valence-electron chi connectivity index (χ0n) is 12.1. The Labute approximate surface area is 133 Å². The Morgan fingerprint density at radius 2 is 2.18 bits per heavy atom. The monoisotopic (exact) mass is 323 g/mol. The van der Waals surface area contributed by atoms with E-state index in [1.165, 1.54) is 12.1 Å². The number of hydrogen-bond donors (Lipinski definition) is 1. The van der Waals surface area contributed by atoms with Gasteiger partial charge in [-0.1, -0.05) is 0 Å². The van der Waals surface area contributed by atoms with Gasteiger partial charge in [-0.25, -0.2) is 4.79 Å². The Balaban J connectivity index is 1.85. The zero-order valence-corrected chi connectivity index (χ0v) is 13.0. The van der Waals surface area contributed by atoms with E-state index in [1.54, 1.807) is 19.1 Å². The molecule has 1 fully saturated rings. The molecule has 22 heavy (non-hydrogen) atoms. The maximum atomic E-state index is 11.7. The van der Waals surface area contributed by atoms with Gasteiger partial charge in [0.1, 0.15) is 12.4 Å². The third-order valence-electron chi connectivity index (χ3n) is 3.38. The van der Waals surface area contributed by atoms with Crippen LogP contribution in [0, 0.1) is 10.1 Å². The lowest BCUT2D eigenvalue weighted by Crippen LogP contribution is -2.27. The van der Waals surface area contributed by atoms with Gasteiger partial charge in [0.15, 0.2) is 0 Å². The number of carbonyl (C=O) groups excluding carboxylic acids is 1. The quantitative estimate of drug-likeness (QED) is 0.304. The molecule has 1 saturated heterocycles. The summed E-state index contributed by atoms with van der Waals surface area (Å²) in [6, 6.07) is 5.84. The van der Waals surface area contributed by atoms with Crippen molar-refractivity contribution < 1.29 is 14.5 Å². The molecule has 1 aliphatic heterocycles. The van der Waals surface area contributed by atoms with Gasteiger partial charge in [0, 0.05) is 30.5 Å². The van der Waals surface area contributed by atoms with Crippen LogP contribution in [-0.2, 0) is 11.3 Å². The Bertz CT molecular complexity index is 588. The number of rotatable bonds is 3. The molecule has 0 unspecified atom stereocenters. The Morgan fingerprint density at radius 3 is 2.73 bits per heavy atom. The molecule has 0 spiro atoms. The topological polar surface area (TPSA) is 85.0 Å². The molecular weight excluding hydrogens is 306 g/mol. The predicted molar refractivity (Wildman–Crippen MR) is 85.4 cm³/mol. The smallest absolute Gasteiger partial charge is 0.435 e. The van der Waals surface area contributed by atoms with Crippen molar-refractivity contribution in [3.05, 3.63) is 39.9 Å². The minimum absolute atomic E-state index is 0.000663. The Morgan fingerprint density at radius 1 is 1.50 bits per heavy atom. The van der Waals surface area contributed by atoms with Crippen LogP contribution in [0.15, 0.2) is 29.3 Å². The number of amides is 1. The molecule has 7 nitrogen and oxygen atoms in total. The lowest BCUT2D eigenvalue weighted by Gasteiger charge is -2.16. The molecule has 1 aliphatic rings. The first-order valence-electron chi connectivity index (χ1n) is 6.84. The average Bonchev–Trinajstić information content (AvgIpc) is 2.92. The molecule has 1 aromatic rings. The molecular formula is C14H17N3O4S. The number of nitrogens with zero attached hydrogens (tertiary/aromatic N) is 3. The fourth-order valence-electron chi connectivity index (χ4n) is 2.13. The van der Waals surface area contributed by atoms with Crippen LogP contribution < -0.4 is 0 Å². The average molecular weight is 323 g/mol. The van der Waals surface area contributed by atoms with Crippen molar-refractivity contribution in [2.75, 3.05) is 13.1 Å². The highest BCUT2D eigenvalue weighted by Crippen LogP contribution is 2.15. The molecule has 0 aromatic heterocycles. The van der Waals surface area contributed by atoms with Crippen molar-refractivity contribution in [2.45, 2.75) is 25.2 Å². The van der Waals surface area contributed by atoms with Crippen LogP contribution in [0.1, 0.15) is 18.9 Å². The number of ether oxygens (including phenoxy) is 1. The summed E-state index contributed by atoms with van der Waals surface area (Å²) < 4.78 is 5.04. The third kappa shape index (κ3) is 4.45. The second-order valence-electron chi connectivity index (χ2n) is 5.03. The number of carbonyl (C=O) groups is 1. The van der Waals surface area contributed by atoms with Crippen LogP contribution in [0.2, 0.25) is 0 Å². The third-order valence-corrected chi connectivity index (χ3v) is 3.81. The number of thiol groups is 1. The predicted octanol–water partition coefficient (Wildman–Crippen LogP) is 2.65. The summed E-state index contributed by atoms with van der Waals surface area (Å²) >= 11 is 4.39. The van der Waals surface area contributed by atoms with Crippen molar-refractivity contribution in [1.29, 1.82) is 0 Å². The summed E-state index contributed by atoms with van der Waals surface area (Å²) in [4.78, 5) is 27.6. The number of nitro benzene ring substituents is 1. The van der Waals surface area contributed by atoms with E-state index in [4.69, 9.17) is 4.74 Å². The Hall–Kier alpha value is -2.09. The van der Waals surface area contributed by atoms with Gasteiger partial charge >= 0.3 is 6.09 Å². The van der Waals surface area contributed by atoms with E-state index in [1.807, 2.05) is 4.90 Å². The van der Waals surface area contributed by atoms with E-state index >= 15 is 0 Å². The molecule has 1 atom stereocenters. The second-order valence-corrected chi connectivity index (χ2v) is 5.76. The molecule has 0 bridgehead atoms. The van der Waals surface area contributed by atoms with Crippen molar-refractivity contribution >= 4 is 30.2 Å². The van der Waals surface area contributed by atoms with Crippen LogP contribution in [0.3, 0.4) is 0 Å². The lowest BCUT2D eigenvalue weighted by molar-refractivity contribution is -0.384. The normalized spacial score (nSPS) is 18.4. The molecule has 1 heterocycles. The first-order valence-corrected chi connectivity index (χ1v) is 7.35. The number of amidine groups is 1. The molecule has 0 radical (unpaired) electrons. The molecule has 0 N–H and O–H groups in total. The van der Waals surface area contributed by atoms with E-state index in [2.05, 4.69) is 17.6 Å². The van der Waals surface area contributed by atoms with Crippen LogP contribution >= 0.6 is 12.6 Å². The maximum Gasteiger partial charge on any atom is 0.435 e. The van der Waals surface area contributed by atoms with Crippen molar-refractivity contribution in [3.63, 3.8) is 0 Å². The number of benzene rings is 1. The van der Waals surface area contributed by atoms with Gasteiger partial charge in [-0.2, -0.15) is 17.6 Å². The summed E-state index contributed by atoms with van der Waals surface area (Å²) in [5.74, 6) is 0.616. The van der Waals surface area contributed by atoms with Crippen LogP contribution in [0.25, 0.3) is 0 Å². The van der Waals surface area contributed by atoms with Gasteiger partial charge in [0.25, 0.3) is 5.69 Å². The summed E-state index contributed by atoms with van der Waals surface area (Å²) in [5, 5.41) is 10.8. The highest BCUT2D eigenvalue weighted by atomic mass is 32.1. The van der Waals surface area contributed by atoms with E-state index in [0.717, 1.165) is 19.5 Å². The molecule has 1 amide bonds. The molecule has 0 saturated carbocycles. The summed E-state index contributed by atoms with van der Waals surface area (Å²) in [5.41, 5.74) is 0.669. The maximum absolute atomic E-state index is 11.7. The van der Waals surface area contributed by atoms with E-state index in [9.17, 15) is 14.9 Å². The van der Waals surface area contributed by atoms with Gasteiger partial charge in [-0.3, -0.25) is 10.1 Å². The number of aliphatic imine (C=N–C) groups is 1. The minimum atomic E-state index is -0.668.